The van der Waals surface area contributed by atoms with E-state index >= 15 is 4.39 Å². The van der Waals surface area contributed by atoms with E-state index in [4.69, 9.17) is 4.98 Å². The number of halogens is 1. The molecule has 0 aliphatic heterocycles. The molecule has 0 spiro atoms. The first kappa shape index (κ1) is 31.9. The Morgan fingerprint density at radius 3 is 2.09 bits per heavy atom. The normalized spacial score (nSPS) is 11.8. The van der Waals surface area contributed by atoms with Gasteiger partial charge in [-0.1, -0.05) is 112 Å². The third-order valence-corrected chi connectivity index (χ3v) is 10.4. The van der Waals surface area contributed by atoms with Crippen LogP contribution in [0.15, 0.2) is 128 Å². The van der Waals surface area contributed by atoms with Crippen LogP contribution in [0, 0.1) is 5.82 Å². The smallest absolute Gasteiger partial charge is 0.142 e. The lowest BCUT2D eigenvalue weighted by Gasteiger charge is -2.25. The largest absolute Gasteiger partial charge is 0.507 e. The fourth-order valence-electron chi connectivity index (χ4n) is 5.67. The predicted molar refractivity (Wildman–Crippen MR) is 196 cm³/mol. The fourth-order valence-corrected chi connectivity index (χ4v) is 6.84. The molecule has 4 aromatic carbocycles. The van der Waals surface area contributed by atoms with Crippen molar-refractivity contribution in [1.82, 2.24) is 9.97 Å². The maximum absolute atomic E-state index is 15.7. The summed E-state index contributed by atoms with van der Waals surface area (Å²) in [5.74, 6) is 0.857. The van der Waals surface area contributed by atoms with E-state index in [1.54, 1.807) is 12.3 Å². The summed E-state index contributed by atoms with van der Waals surface area (Å²) in [7, 11) is -1.85. The molecule has 0 unspecified atom stereocenters. The van der Waals surface area contributed by atoms with E-state index < -0.39 is 13.9 Å². The lowest BCUT2D eigenvalue weighted by molar-refractivity contribution is 0.476. The lowest BCUT2D eigenvalue weighted by atomic mass is 9.85. The molecular weight excluding hydrogens is 598 g/mol. The van der Waals surface area contributed by atoms with Crippen LogP contribution >= 0.6 is 0 Å². The van der Waals surface area contributed by atoms with Gasteiger partial charge in [-0.2, -0.15) is 0 Å². The molecule has 6 rings (SSSR count). The van der Waals surface area contributed by atoms with Crippen LogP contribution in [0.4, 0.5) is 21.7 Å². The molecule has 236 valence electrons. The van der Waals surface area contributed by atoms with Gasteiger partial charge in [0, 0.05) is 35.1 Å². The molecule has 0 fully saturated rings. The van der Waals surface area contributed by atoms with E-state index in [1.165, 1.54) is 17.3 Å². The maximum atomic E-state index is 15.7. The summed E-state index contributed by atoms with van der Waals surface area (Å²) < 4.78 is 15.7. The van der Waals surface area contributed by atoms with Crippen molar-refractivity contribution in [3.63, 3.8) is 0 Å². The highest BCUT2D eigenvalue weighted by Gasteiger charge is 2.23. The van der Waals surface area contributed by atoms with Gasteiger partial charge in [0.1, 0.15) is 23.2 Å². The lowest BCUT2D eigenvalue weighted by Crippen LogP contribution is -2.37. The molecule has 0 radical (unpaired) electrons. The zero-order valence-electron chi connectivity index (χ0n) is 27.8. The van der Waals surface area contributed by atoms with Crippen molar-refractivity contribution >= 4 is 30.6 Å². The molecule has 47 heavy (non-hydrogen) atoms. The Morgan fingerprint density at radius 1 is 0.660 bits per heavy atom. The van der Waals surface area contributed by atoms with E-state index in [1.807, 2.05) is 65.6 Å². The number of pyridine rings is 2. The van der Waals surface area contributed by atoms with Gasteiger partial charge in [-0.05, 0) is 70.1 Å². The highest BCUT2D eigenvalue weighted by Crippen LogP contribution is 2.38. The number of aromatic hydroxyl groups is 1. The van der Waals surface area contributed by atoms with E-state index in [2.05, 4.69) is 87.9 Å². The average Bonchev–Trinajstić information content (AvgIpc) is 3.05. The molecule has 4 nitrogen and oxygen atoms in total. The van der Waals surface area contributed by atoms with Crippen molar-refractivity contribution in [3.8, 4) is 39.3 Å². The maximum Gasteiger partial charge on any atom is 0.142 e. The molecule has 0 atom stereocenters. The topological polar surface area (TPSA) is 49.2 Å². The number of nitrogens with zero attached hydrogens (tertiary/aromatic N) is 3. The van der Waals surface area contributed by atoms with Crippen LogP contribution in [0.2, 0.25) is 19.6 Å². The van der Waals surface area contributed by atoms with Gasteiger partial charge in [0.25, 0.3) is 0 Å². The van der Waals surface area contributed by atoms with E-state index in [0.29, 0.717) is 17.3 Å². The number of anilines is 3. The zero-order valence-corrected chi connectivity index (χ0v) is 28.8. The minimum Gasteiger partial charge on any atom is -0.507 e. The number of phenolic OH excluding ortho intramolecular Hbond substituents is 1. The second kappa shape index (κ2) is 12.6. The number of rotatable bonds is 7. The molecule has 0 saturated carbocycles. The molecule has 0 bridgehead atoms. The number of phenols is 1. The van der Waals surface area contributed by atoms with E-state index in [9.17, 15) is 5.11 Å². The predicted octanol–water partition coefficient (Wildman–Crippen LogP) is 10.6. The third kappa shape index (κ3) is 7.03. The number of hydrogen-bond acceptors (Lipinski definition) is 4. The van der Waals surface area contributed by atoms with Crippen molar-refractivity contribution in [1.29, 1.82) is 0 Å². The van der Waals surface area contributed by atoms with E-state index in [0.717, 1.165) is 39.1 Å². The van der Waals surface area contributed by atoms with Crippen molar-refractivity contribution < 1.29 is 9.50 Å². The van der Waals surface area contributed by atoms with Crippen molar-refractivity contribution in [2.45, 2.75) is 45.8 Å². The minimum atomic E-state index is -1.85. The minimum absolute atomic E-state index is 0.0899. The first-order valence-electron chi connectivity index (χ1n) is 15.9. The molecule has 2 heterocycles. The fraction of sp³-hybridized carbons (Fsp3) is 0.171. The van der Waals surface area contributed by atoms with E-state index in [-0.39, 0.29) is 11.2 Å². The first-order chi connectivity index (χ1) is 22.4. The Bertz CT molecular complexity index is 2030. The van der Waals surface area contributed by atoms with Gasteiger partial charge in [-0.25, -0.2) is 14.4 Å². The Labute approximate surface area is 278 Å². The summed E-state index contributed by atoms with van der Waals surface area (Å²) in [5, 5.41) is 12.2. The zero-order chi connectivity index (χ0) is 33.3. The summed E-state index contributed by atoms with van der Waals surface area (Å²) >= 11 is 0. The van der Waals surface area contributed by atoms with Gasteiger partial charge in [-0.3, -0.25) is 4.90 Å². The monoisotopic (exact) mass is 637 g/mol. The van der Waals surface area contributed by atoms with Crippen LogP contribution in [0.25, 0.3) is 33.5 Å². The van der Waals surface area contributed by atoms with Gasteiger partial charge in [0.2, 0.25) is 0 Å². The molecular formula is C41H40FN3OSi. The van der Waals surface area contributed by atoms with Crippen LogP contribution in [0.3, 0.4) is 0 Å². The van der Waals surface area contributed by atoms with Crippen LogP contribution in [0.5, 0.6) is 5.75 Å². The van der Waals surface area contributed by atoms with Crippen LogP contribution in [-0.4, -0.2) is 23.1 Å². The Morgan fingerprint density at radius 2 is 1.38 bits per heavy atom. The van der Waals surface area contributed by atoms with Crippen molar-refractivity contribution in [3.05, 3.63) is 139 Å². The highest BCUT2D eigenvalue weighted by molar-refractivity contribution is 6.88. The standard InChI is InChI=1S/C41H40FN3OSi/c1-41(2,3)32-18-19-38(46)36(25-32)30-21-31(24-35(23-30)47(4,5)6)37-26-33(42)27-40(44-37)45(39-17-10-11-20-43-39)34-16-12-15-29(22-34)28-13-8-7-9-14-28/h7-27,46H,1-6H3. The summed E-state index contributed by atoms with van der Waals surface area (Å²) in [6.45, 7) is 13.3. The second-order valence-corrected chi connectivity index (χ2v) is 19.1. The Kier molecular flexibility index (Phi) is 8.56. The quantitative estimate of drug-likeness (QED) is 0.177. The van der Waals surface area contributed by atoms with Crippen molar-refractivity contribution in [2.75, 3.05) is 4.90 Å². The summed E-state index contributed by atoms with van der Waals surface area (Å²) in [5.41, 5.74) is 6.90. The summed E-state index contributed by atoms with van der Waals surface area (Å²) in [4.78, 5) is 11.6. The molecule has 6 aromatic rings. The molecule has 0 aliphatic carbocycles. The number of aromatic nitrogens is 2. The summed E-state index contributed by atoms with van der Waals surface area (Å²) in [6.07, 6.45) is 1.73. The molecule has 1 N–H and O–H groups in total. The molecule has 0 amide bonds. The number of benzene rings is 4. The Balaban J connectivity index is 1.53. The van der Waals surface area contributed by atoms with Crippen LogP contribution in [-0.2, 0) is 5.41 Å². The van der Waals surface area contributed by atoms with Crippen LogP contribution < -0.4 is 10.1 Å². The van der Waals surface area contributed by atoms with Gasteiger partial charge in [0.05, 0.1) is 13.8 Å². The highest BCUT2D eigenvalue weighted by atomic mass is 28.3. The second-order valence-electron chi connectivity index (χ2n) is 14.0. The third-order valence-electron chi connectivity index (χ3n) is 8.36. The Hall–Kier alpha value is -5.07. The molecule has 2 aromatic heterocycles. The molecule has 0 saturated heterocycles. The first-order valence-corrected chi connectivity index (χ1v) is 19.4. The van der Waals surface area contributed by atoms with Crippen molar-refractivity contribution in [2.24, 2.45) is 0 Å². The average molecular weight is 638 g/mol. The van der Waals surface area contributed by atoms with Gasteiger partial charge < -0.3 is 5.11 Å². The number of hydrogen-bond donors (Lipinski definition) is 1. The SMILES string of the molecule is CC(C)(C)c1ccc(O)c(-c2cc(-c3cc(F)cc(N(c4cccc(-c5ccccc5)c4)c4ccccn4)n3)cc([Si](C)(C)C)c2)c1. The van der Waals surface area contributed by atoms with Crippen LogP contribution in [0.1, 0.15) is 26.3 Å². The van der Waals surface area contributed by atoms with Gasteiger partial charge in [-0.15, -0.1) is 0 Å². The van der Waals surface area contributed by atoms with Gasteiger partial charge in [0.15, 0.2) is 0 Å². The summed E-state index contributed by atoms with van der Waals surface area (Å²) in [6, 6.07) is 39.0. The molecule has 6 heteroatoms. The van der Waals surface area contributed by atoms with Gasteiger partial charge >= 0.3 is 0 Å². The molecule has 0 aliphatic rings.